The van der Waals surface area contributed by atoms with Crippen molar-refractivity contribution < 1.29 is 9.53 Å². The van der Waals surface area contributed by atoms with E-state index < -0.39 is 0 Å². The van der Waals surface area contributed by atoms with Crippen molar-refractivity contribution in [2.75, 3.05) is 13.7 Å². The number of halogens is 1. The Hall–Kier alpha value is -1.26. The topological polar surface area (TPSA) is 64.3 Å². The van der Waals surface area contributed by atoms with E-state index in [1.54, 1.807) is 18.2 Å². The number of carbonyl (C=O) groups is 1. The van der Waals surface area contributed by atoms with Crippen LogP contribution in [0.5, 0.6) is 5.75 Å². The van der Waals surface area contributed by atoms with E-state index in [0.29, 0.717) is 22.9 Å². The van der Waals surface area contributed by atoms with Gasteiger partial charge >= 0.3 is 0 Å². The molecule has 0 aromatic heterocycles. The van der Waals surface area contributed by atoms with Crippen LogP contribution in [0.1, 0.15) is 23.7 Å². The SMILES string of the molecule is CCC(CN)NC(=O)c1cc(Cl)ccc1OC. The van der Waals surface area contributed by atoms with Crippen molar-refractivity contribution in [3.8, 4) is 5.75 Å². The molecule has 0 radical (unpaired) electrons. The van der Waals surface area contributed by atoms with Crippen LogP contribution >= 0.6 is 11.6 Å². The van der Waals surface area contributed by atoms with Gasteiger partial charge < -0.3 is 15.8 Å². The third kappa shape index (κ3) is 3.61. The molecular formula is C12H17ClN2O2. The van der Waals surface area contributed by atoms with Crippen LogP contribution in [0.2, 0.25) is 5.02 Å². The number of hydrogen-bond donors (Lipinski definition) is 2. The summed E-state index contributed by atoms with van der Waals surface area (Å²) in [6.07, 6.45) is 0.783. The summed E-state index contributed by atoms with van der Waals surface area (Å²) in [6, 6.07) is 4.89. The van der Waals surface area contributed by atoms with Crippen molar-refractivity contribution >= 4 is 17.5 Å². The summed E-state index contributed by atoms with van der Waals surface area (Å²) in [5.74, 6) is 0.278. The predicted molar refractivity (Wildman–Crippen MR) is 68.6 cm³/mol. The van der Waals surface area contributed by atoms with E-state index in [-0.39, 0.29) is 11.9 Å². The average Bonchev–Trinajstić information content (AvgIpc) is 2.35. The summed E-state index contributed by atoms with van der Waals surface area (Å²) in [5, 5.41) is 3.33. The van der Waals surface area contributed by atoms with Crippen LogP contribution in [0.3, 0.4) is 0 Å². The van der Waals surface area contributed by atoms with Gasteiger partial charge in [-0.05, 0) is 24.6 Å². The second-order valence-corrected chi connectivity index (χ2v) is 4.10. The molecule has 0 aliphatic carbocycles. The first kappa shape index (κ1) is 13.8. The minimum Gasteiger partial charge on any atom is -0.496 e. The normalized spacial score (nSPS) is 12.0. The van der Waals surface area contributed by atoms with Gasteiger partial charge in [0.15, 0.2) is 0 Å². The molecule has 3 N–H and O–H groups in total. The molecule has 1 atom stereocenters. The third-order valence-corrected chi connectivity index (χ3v) is 2.75. The molecule has 1 rings (SSSR count). The molecule has 17 heavy (non-hydrogen) atoms. The van der Waals surface area contributed by atoms with Crippen LogP contribution in [-0.4, -0.2) is 25.6 Å². The Balaban J connectivity index is 2.90. The number of methoxy groups -OCH3 is 1. The Morgan fingerprint density at radius 3 is 2.82 bits per heavy atom. The number of carbonyl (C=O) groups excluding carboxylic acids is 1. The first-order valence-corrected chi connectivity index (χ1v) is 5.84. The van der Waals surface area contributed by atoms with Crippen molar-refractivity contribution in [3.63, 3.8) is 0 Å². The van der Waals surface area contributed by atoms with Crippen molar-refractivity contribution in [2.24, 2.45) is 5.73 Å². The third-order valence-electron chi connectivity index (χ3n) is 2.52. The largest absolute Gasteiger partial charge is 0.496 e. The van der Waals surface area contributed by atoms with Crippen LogP contribution in [0.15, 0.2) is 18.2 Å². The van der Waals surface area contributed by atoms with Gasteiger partial charge in [-0.1, -0.05) is 18.5 Å². The predicted octanol–water partition coefficient (Wildman–Crippen LogP) is 1.82. The molecule has 0 bridgehead atoms. The lowest BCUT2D eigenvalue weighted by Gasteiger charge is -2.16. The molecular weight excluding hydrogens is 240 g/mol. The molecule has 5 heteroatoms. The van der Waals surface area contributed by atoms with Crippen LogP contribution in [0.25, 0.3) is 0 Å². The highest BCUT2D eigenvalue weighted by Crippen LogP contribution is 2.22. The van der Waals surface area contributed by atoms with Gasteiger partial charge in [0.2, 0.25) is 0 Å². The highest BCUT2D eigenvalue weighted by Gasteiger charge is 2.15. The summed E-state index contributed by atoms with van der Waals surface area (Å²) in [4.78, 5) is 12.0. The lowest BCUT2D eigenvalue weighted by atomic mass is 10.1. The number of amides is 1. The van der Waals surface area contributed by atoms with E-state index in [2.05, 4.69) is 5.32 Å². The first-order valence-electron chi connectivity index (χ1n) is 5.46. The molecule has 0 saturated heterocycles. The van der Waals surface area contributed by atoms with Gasteiger partial charge in [-0.25, -0.2) is 0 Å². The molecule has 1 unspecified atom stereocenters. The lowest BCUT2D eigenvalue weighted by molar-refractivity contribution is 0.0934. The number of nitrogens with two attached hydrogens (primary N) is 1. The van der Waals surface area contributed by atoms with Crippen LogP contribution in [0, 0.1) is 0 Å². The second kappa shape index (κ2) is 6.47. The Labute approximate surface area is 106 Å². The quantitative estimate of drug-likeness (QED) is 0.845. The standard InChI is InChI=1S/C12H17ClN2O2/c1-3-9(7-14)15-12(16)10-6-8(13)4-5-11(10)17-2/h4-6,9H,3,7,14H2,1-2H3,(H,15,16). The highest BCUT2D eigenvalue weighted by molar-refractivity contribution is 6.31. The number of nitrogens with one attached hydrogen (secondary N) is 1. The summed E-state index contributed by atoms with van der Waals surface area (Å²) in [7, 11) is 1.51. The molecule has 4 nitrogen and oxygen atoms in total. The molecule has 0 fully saturated rings. The van der Waals surface area contributed by atoms with Crippen molar-refractivity contribution in [1.29, 1.82) is 0 Å². The first-order chi connectivity index (χ1) is 8.12. The second-order valence-electron chi connectivity index (χ2n) is 3.66. The molecule has 0 heterocycles. The number of ether oxygens (including phenoxy) is 1. The van der Waals surface area contributed by atoms with Gasteiger partial charge in [0.1, 0.15) is 5.75 Å². The van der Waals surface area contributed by atoms with E-state index in [1.807, 2.05) is 6.92 Å². The van der Waals surface area contributed by atoms with Crippen LogP contribution < -0.4 is 15.8 Å². The Bertz CT molecular complexity index is 392. The molecule has 1 aromatic carbocycles. The lowest BCUT2D eigenvalue weighted by Crippen LogP contribution is -2.39. The summed E-state index contributed by atoms with van der Waals surface area (Å²) < 4.78 is 5.12. The Kier molecular flexibility index (Phi) is 5.25. The Morgan fingerprint density at radius 2 is 2.29 bits per heavy atom. The zero-order valence-electron chi connectivity index (χ0n) is 10.00. The number of benzene rings is 1. The van der Waals surface area contributed by atoms with Crippen LogP contribution in [-0.2, 0) is 0 Å². The summed E-state index contributed by atoms with van der Waals surface area (Å²) in [5.41, 5.74) is 5.96. The number of hydrogen-bond acceptors (Lipinski definition) is 3. The van der Waals surface area contributed by atoms with Crippen molar-refractivity contribution in [2.45, 2.75) is 19.4 Å². The smallest absolute Gasteiger partial charge is 0.255 e. The molecule has 1 amide bonds. The summed E-state index contributed by atoms with van der Waals surface area (Å²) >= 11 is 5.86. The van der Waals surface area contributed by atoms with Crippen molar-refractivity contribution in [3.05, 3.63) is 28.8 Å². The van der Waals surface area contributed by atoms with Crippen molar-refractivity contribution in [1.82, 2.24) is 5.32 Å². The molecule has 0 aliphatic heterocycles. The molecule has 1 aromatic rings. The van der Waals surface area contributed by atoms with Gasteiger partial charge in [0.05, 0.1) is 12.7 Å². The van der Waals surface area contributed by atoms with Gasteiger partial charge in [0.25, 0.3) is 5.91 Å². The van der Waals surface area contributed by atoms with E-state index >= 15 is 0 Å². The maximum Gasteiger partial charge on any atom is 0.255 e. The monoisotopic (exact) mass is 256 g/mol. The fourth-order valence-electron chi connectivity index (χ4n) is 1.45. The highest BCUT2D eigenvalue weighted by atomic mass is 35.5. The van der Waals surface area contributed by atoms with E-state index in [9.17, 15) is 4.79 Å². The van der Waals surface area contributed by atoms with E-state index in [1.165, 1.54) is 7.11 Å². The zero-order chi connectivity index (χ0) is 12.8. The Morgan fingerprint density at radius 1 is 1.59 bits per heavy atom. The molecule has 0 saturated carbocycles. The molecule has 0 spiro atoms. The van der Waals surface area contributed by atoms with Gasteiger partial charge in [-0.3, -0.25) is 4.79 Å². The fraction of sp³-hybridized carbons (Fsp3) is 0.417. The average molecular weight is 257 g/mol. The maximum atomic E-state index is 12.0. The van der Waals surface area contributed by atoms with E-state index in [0.717, 1.165) is 6.42 Å². The minimum absolute atomic E-state index is 0.0359. The van der Waals surface area contributed by atoms with Gasteiger partial charge in [-0.2, -0.15) is 0 Å². The maximum absolute atomic E-state index is 12.0. The number of rotatable bonds is 5. The van der Waals surface area contributed by atoms with Gasteiger partial charge in [-0.15, -0.1) is 0 Å². The fourth-order valence-corrected chi connectivity index (χ4v) is 1.62. The minimum atomic E-state index is -0.221. The molecule has 0 aliphatic rings. The summed E-state index contributed by atoms with van der Waals surface area (Å²) in [6.45, 7) is 2.37. The van der Waals surface area contributed by atoms with Crippen LogP contribution in [0.4, 0.5) is 0 Å². The molecule has 94 valence electrons. The zero-order valence-corrected chi connectivity index (χ0v) is 10.8. The van der Waals surface area contributed by atoms with Gasteiger partial charge in [0, 0.05) is 17.6 Å². The van der Waals surface area contributed by atoms with E-state index in [4.69, 9.17) is 22.1 Å².